The number of aromatic amines is 1. The van der Waals surface area contributed by atoms with Crippen LogP contribution in [0.3, 0.4) is 0 Å². The van der Waals surface area contributed by atoms with E-state index in [0.29, 0.717) is 17.0 Å². The van der Waals surface area contributed by atoms with E-state index in [2.05, 4.69) is 9.97 Å². The number of benzene rings is 1. The Morgan fingerprint density at radius 3 is 2.39 bits per heavy atom. The standard InChI is InChI=1S/C12H9N3O3/c16-11-8-3-1-2-4-9(8)12(17)15(11)18-7-10-13-5-6-14-10/h1-6H,7H2,(H,13,14). The molecule has 2 heterocycles. The minimum Gasteiger partial charge on any atom is -0.347 e. The van der Waals surface area contributed by atoms with E-state index >= 15 is 0 Å². The van der Waals surface area contributed by atoms with Crippen molar-refractivity contribution in [2.75, 3.05) is 0 Å². The summed E-state index contributed by atoms with van der Waals surface area (Å²) in [6.07, 6.45) is 3.21. The number of hydrogen-bond acceptors (Lipinski definition) is 4. The van der Waals surface area contributed by atoms with E-state index in [0.717, 1.165) is 5.06 Å². The maximum atomic E-state index is 11.9. The molecule has 0 saturated heterocycles. The van der Waals surface area contributed by atoms with Gasteiger partial charge in [0.05, 0.1) is 11.1 Å². The number of imide groups is 1. The van der Waals surface area contributed by atoms with Gasteiger partial charge in [0.1, 0.15) is 12.4 Å². The van der Waals surface area contributed by atoms with E-state index in [1.165, 1.54) is 0 Å². The van der Waals surface area contributed by atoms with Gasteiger partial charge in [0, 0.05) is 12.4 Å². The van der Waals surface area contributed by atoms with Gasteiger partial charge in [-0.05, 0) is 12.1 Å². The number of imidazole rings is 1. The summed E-state index contributed by atoms with van der Waals surface area (Å²) < 4.78 is 0. The Bertz CT molecular complexity index is 572. The quantitative estimate of drug-likeness (QED) is 0.820. The van der Waals surface area contributed by atoms with Crippen LogP contribution in [0.2, 0.25) is 0 Å². The molecule has 0 fully saturated rings. The molecule has 0 saturated carbocycles. The SMILES string of the molecule is O=C1c2ccccc2C(=O)N1OCc1ncc[nH]1. The van der Waals surface area contributed by atoms with Gasteiger partial charge in [0.2, 0.25) is 0 Å². The zero-order valence-corrected chi connectivity index (χ0v) is 9.29. The molecule has 0 spiro atoms. The minimum absolute atomic E-state index is 0.0401. The number of nitrogens with one attached hydrogen (secondary N) is 1. The highest BCUT2D eigenvalue weighted by Crippen LogP contribution is 2.22. The number of hydrogen-bond donors (Lipinski definition) is 1. The molecule has 1 aromatic carbocycles. The second-order valence-electron chi connectivity index (χ2n) is 3.76. The van der Waals surface area contributed by atoms with E-state index in [1.54, 1.807) is 36.7 Å². The molecule has 3 rings (SSSR count). The van der Waals surface area contributed by atoms with Crippen LogP contribution in [0.1, 0.15) is 26.5 Å². The van der Waals surface area contributed by atoms with Crippen LogP contribution in [0.4, 0.5) is 0 Å². The van der Waals surface area contributed by atoms with E-state index < -0.39 is 11.8 Å². The van der Waals surface area contributed by atoms with Crippen LogP contribution in [-0.4, -0.2) is 26.8 Å². The minimum atomic E-state index is -0.442. The number of amides is 2. The molecule has 1 N–H and O–H groups in total. The van der Waals surface area contributed by atoms with Gasteiger partial charge in [-0.15, -0.1) is 5.06 Å². The maximum Gasteiger partial charge on any atom is 0.285 e. The Morgan fingerprint density at radius 2 is 1.83 bits per heavy atom. The summed E-state index contributed by atoms with van der Waals surface area (Å²) >= 11 is 0. The summed E-state index contributed by atoms with van der Waals surface area (Å²) in [7, 11) is 0. The molecule has 90 valence electrons. The van der Waals surface area contributed by atoms with Crippen LogP contribution in [0.25, 0.3) is 0 Å². The zero-order valence-electron chi connectivity index (χ0n) is 9.29. The van der Waals surface area contributed by atoms with Crippen LogP contribution < -0.4 is 0 Å². The lowest BCUT2D eigenvalue weighted by atomic mass is 10.1. The highest BCUT2D eigenvalue weighted by Gasteiger charge is 2.36. The summed E-state index contributed by atoms with van der Waals surface area (Å²) in [5.41, 5.74) is 0.726. The van der Waals surface area contributed by atoms with E-state index in [-0.39, 0.29) is 6.61 Å². The predicted octanol–water partition coefficient (Wildman–Crippen LogP) is 1.14. The molecule has 0 bridgehead atoms. The summed E-state index contributed by atoms with van der Waals surface area (Å²) in [5.74, 6) is -0.337. The van der Waals surface area contributed by atoms with Crippen LogP contribution in [0, 0.1) is 0 Å². The lowest BCUT2D eigenvalue weighted by Gasteiger charge is -2.11. The number of fused-ring (bicyclic) bond motifs is 1. The normalized spacial score (nSPS) is 14.1. The molecule has 0 atom stereocenters. The molecule has 6 heteroatoms. The first kappa shape index (κ1) is 10.7. The van der Waals surface area contributed by atoms with Crippen molar-refractivity contribution in [3.63, 3.8) is 0 Å². The second kappa shape index (κ2) is 4.08. The fourth-order valence-electron chi connectivity index (χ4n) is 1.79. The monoisotopic (exact) mass is 243 g/mol. The first-order chi connectivity index (χ1) is 8.77. The van der Waals surface area contributed by atoms with Crippen molar-refractivity contribution >= 4 is 11.8 Å². The summed E-state index contributed by atoms with van der Waals surface area (Å²) in [6.45, 7) is 0.0401. The molecular formula is C12H9N3O3. The largest absolute Gasteiger partial charge is 0.347 e. The van der Waals surface area contributed by atoms with Gasteiger partial charge in [0.25, 0.3) is 11.8 Å². The fraction of sp³-hybridized carbons (Fsp3) is 0.0833. The van der Waals surface area contributed by atoms with E-state index in [1.807, 2.05) is 0 Å². The Morgan fingerprint density at radius 1 is 1.17 bits per heavy atom. The zero-order chi connectivity index (χ0) is 12.5. The molecule has 6 nitrogen and oxygen atoms in total. The van der Waals surface area contributed by atoms with Gasteiger partial charge in [-0.25, -0.2) is 4.98 Å². The molecule has 0 aliphatic carbocycles. The van der Waals surface area contributed by atoms with Gasteiger partial charge in [-0.1, -0.05) is 12.1 Å². The van der Waals surface area contributed by atoms with E-state index in [9.17, 15) is 9.59 Å². The predicted molar refractivity (Wildman–Crippen MR) is 60.3 cm³/mol. The average Bonchev–Trinajstić information content (AvgIpc) is 2.98. The molecule has 0 radical (unpaired) electrons. The highest BCUT2D eigenvalue weighted by atomic mass is 16.7. The van der Waals surface area contributed by atoms with Crippen LogP contribution in [0.15, 0.2) is 36.7 Å². The van der Waals surface area contributed by atoms with Crippen LogP contribution in [0.5, 0.6) is 0 Å². The number of carbonyl (C=O) groups is 2. The van der Waals surface area contributed by atoms with Gasteiger partial charge < -0.3 is 4.98 Å². The highest BCUT2D eigenvalue weighted by molar-refractivity contribution is 6.20. The van der Waals surface area contributed by atoms with Gasteiger partial charge in [0.15, 0.2) is 0 Å². The molecule has 1 aliphatic heterocycles. The van der Waals surface area contributed by atoms with Crippen molar-refractivity contribution in [3.05, 3.63) is 53.6 Å². The number of H-pyrrole nitrogens is 1. The Labute approximate surface area is 102 Å². The van der Waals surface area contributed by atoms with Crippen molar-refractivity contribution in [3.8, 4) is 0 Å². The third kappa shape index (κ3) is 1.59. The van der Waals surface area contributed by atoms with Gasteiger partial charge >= 0.3 is 0 Å². The van der Waals surface area contributed by atoms with Crippen molar-refractivity contribution < 1.29 is 14.4 Å². The molecule has 2 aromatic rings. The lowest BCUT2D eigenvalue weighted by Crippen LogP contribution is -2.29. The average molecular weight is 243 g/mol. The van der Waals surface area contributed by atoms with Crippen molar-refractivity contribution in [1.29, 1.82) is 0 Å². The first-order valence-electron chi connectivity index (χ1n) is 5.36. The molecule has 1 aromatic heterocycles. The van der Waals surface area contributed by atoms with Crippen LogP contribution in [-0.2, 0) is 11.4 Å². The molecule has 1 aliphatic rings. The topological polar surface area (TPSA) is 75.3 Å². The summed E-state index contributed by atoms with van der Waals surface area (Å²) in [5, 5.41) is 0.771. The lowest BCUT2D eigenvalue weighted by molar-refractivity contribution is -0.102. The number of nitrogens with zero attached hydrogens (tertiary/aromatic N) is 2. The number of hydroxylamine groups is 2. The Kier molecular flexibility index (Phi) is 2.42. The number of aromatic nitrogens is 2. The third-order valence-corrected chi connectivity index (χ3v) is 2.64. The number of rotatable bonds is 3. The Balaban J connectivity index is 1.80. The summed E-state index contributed by atoms with van der Waals surface area (Å²) in [6, 6.07) is 6.62. The Hall–Kier alpha value is -2.47. The van der Waals surface area contributed by atoms with Crippen molar-refractivity contribution in [2.24, 2.45) is 0 Å². The smallest absolute Gasteiger partial charge is 0.285 e. The second-order valence-corrected chi connectivity index (χ2v) is 3.76. The van der Waals surface area contributed by atoms with Crippen LogP contribution >= 0.6 is 0 Å². The van der Waals surface area contributed by atoms with Crippen molar-refractivity contribution in [2.45, 2.75) is 6.61 Å². The molecule has 18 heavy (non-hydrogen) atoms. The number of carbonyl (C=O) groups excluding carboxylic acids is 2. The first-order valence-corrected chi connectivity index (χ1v) is 5.36. The third-order valence-electron chi connectivity index (χ3n) is 2.64. The fourth-order valence-corrected chi connectivity index (χ4v) is 1.79. The maximum absolute atomic E-state index is 11.9. The summed E-state index contributed by atoms with van der Waals surface area (Å²) in [4.78, 5) is 35.8. The van der Waals surface area contributed by atoms with Crippen molar-refractivity contribution in [1.82, 2.24) is 15.0 Å². The van der Waals surface area contributed by atoms with Gasteiger partial charge in [-0.2, -0.15) is 0 Å². The van der Waals surface area contributed by atoms with E-state index in [4.69, 9.17) is 4.84 Å². The van der Waals surface area contributed by atoms with Gasteiger partial charge in [-0.3, -0.25) is 14.4 Å². The molecular weight excluding hydrogens is 234 g/mol. The molecule has 2 amide bonds. The molecule has 0 unspecified atom stereocenters.